The highest BCUT2D eigenvalue weighted by molar-refractivity contribution is 6.18. The average molecular weight is 454 g/mol. The second kappa shape index (κ2) is 12.6. The molecule has 0 spiro atoms. The molecule has 3 nitrogen and oxygen atoms in total. The average Bonchev–Trinajstić information content (AvgIpc) is 2.68. The van der Waals surface area contributed by atoms with Gasteiger partial charge in [-0.25, -0.2) is 0 Å². The first kappa shape index (κ1) is 25.1. The Morgan fingerprint density at radius 2 is 1.77 bits per heavy atom. The van der Waals surface area contributed by atoms with Crippen molar-refractivity contribution in [2.75, 3.05) is 31.4 Å². The van der Waals surface area contributed by atoms with Gasteiger partial charge in [0.2, 0.25) is 0 Å². The van der Waals surface area contributed by atoms with E-state index in [4.69, 9.17) is 23.2 Å². The summed E-state index contributed by atoms with van der Waals surface area (Å²) >= 11 is 11.9. The van der Waals surface area contributed by atoms with Crippen LogP contribution in [0, 0.1) is 5.92 Å². The lowest BCUT2D eigenvalue weighted by Crippen LogP contribution is -2.32. The number of aryl methyl sites for hydroxylation is 1. The number of nitrogens with zero attached hydrogens (tertiary/aromatic N) is 1. The molecular weight excluding hydrogens is 417 g/mol. The molecule has 1 unspecified atom stereocenters. The maximum absolute atomic E-state index is 10.9. The lowest BCUT2D eigenvalue weighted by Gasteiger charge is -2.34. The zero-order chi connectivity index (χ0) is 22.1. The van der Waals surface area contributed by atoms with Gasteiger partial charge in [-0.05, 0) is 56.2 Å². The van der Waals surface area contributed by atoms with Crippen LogP contribution in [0.3, 0.4) is 0 Å². The van der Waals surface area contributed by atoms with E-state index in [0.29, 0.717) is 17.3 Å². The fraction of sp³-hybridized carbons (Fsp3) is 0.600. The van der Waals surface area contributed by atoms with E-state index >= 15 is 0 Å². The molecule has 2 rings (SSSR count). The van der Waals surface area contributed by atoms with Crippen LogP contribution < -0.4 is 0 Å². The third kappa shape index (κ3) is 6.93. The Morgan fingerprint density at radius 3 is 2.33 bits per heavy atom. The Morgan fingerprint density at radius 1 is 1.13 bits per heavy atom. The van der Waals surface area contributed by atoms with E-state index in [2.05, 4.69) is 31.4 Å². The predicted molar refractivity (Wildman–Crippen MR) is 129 cm³/mol. The van der Waals surface area contributed by atoms with Crippen LogP contribution in [-0.2, 0) is 6.42 Å². The second-order valence-electron chi connectivity index (χ2n) is 8.50. The Balaban J connectivity index is 2.27. The van der Waals surface area contributed by atoms with Crippen LogP contribution in [0.25, 0.3) is 0 Å². The van der Waals surface area contributed by atoms with Gasteiger partial charge >= 0.3 is 0 Å². The zero-order valence-electron chi connectivity index (χ0n) is 18.5. The van der Waals surface area contributed by atoms with Gasteiger partial charge < -0.3 is 10.2 Å². The van der Waals surface area contributed by atoms with Gasteiger partial charge in [0.25, 0.3) is 0 Å². The van der Waals surface area contributed by atoms with Crippen LogP contribution in [0.15, 0.2) is 35.9 Å². The molecule has 2 atom stereocenters. The van der Waals surface area contributed by atoms with Crippen molar-refractivity contribution in [2.45, 2.75) is 58.3 Å². The summed E-state index contributed by atoms with van der Waals surface area (Å²) in [4.78, 5) is 2.22. The normalized spacial score (nSPS) is 19.2. The third-order valence-corrected chi connectivity index (χ3v) is 6.44. The van der Waals surface area contributed by atoms with Crippen molar-refractivity contribution in [3.63, 3.8) is 0 Å². The largest absolute Gasteiger partial charge is 0.507 e. The van der Waals surface area contributed by atoms with Gasteiger partial charge in [0.1, 0.15) is 11.5 Å². The minimum atomic E-state index is -0.0789. The third-order valence-electron chi connectivity index (χ3n) is 6.10. The number of unbranched alkanes of at least 4 members (excludes halogenated alkanes) is 2. The van der Waals surface area contributed by atoms with Crippen molar-refractivity contribution in [3.8, 4) is 11.5 Å². The molecule has 0 amide bonds. The predicted octanol–water partition coefficient (Wildman–Crippen LogP) is 6.61. The molecule has 1 aliphatic carbocycles. The van der Waals surface area contributed by atoms with Crippen LogP contribution in [0.1, 0.15) is 63.0 Å². The molecular formula is C25H37Cl2NO2. The SMILES string of the molecule is C=C(CN(CCCl)CCCl)[C@@H]1CCC(C)=CC1c1c(O)cc(CCCCC)cc1O. The fourth-order valence-corrected chi connectivity index (χ4v) is 4.95. The smallest absolute Gasteiger partial charge is 0.123 e. The molecule has 2 N–H and O–H groups in total. The van der Waals surface area contributed by atoms with Gasteiger partial charge in [-0.1, -0.05) is 43.6 Å². The van der Waals surface area contributed by atoms with Crippen molar-refractivity contribution >= 4 is 23.2 Å². The Labute approximate surface area is 192 Å². The number of phenols is 2. The molecule has 0 aliphatic heterocycles. The zero-order valence-corrected chi connectivity index (χ0v) is 20.0. The molecule has 5 heteroatoms. The van der Waals surface area contributed by atoms with Crippen LogP contribution in [0.2, 0.25) is 0 Å². The molecule has 0 aromatic heterocycles. The maximum atomic E-state index is 10.9. The quantitative estimate of drug-likeness (QED) is 0.212. The number of aromatic hydroxyl groups is 2. The van der Waals surface area contributed by atoms with Crippen molar-refractivity contribution in [2.24, 2.45) is 5.92 Å². The van der Waals surface area contributed by atoms with Gasteiger partial charge in [0.15, 0.2) is 0 Å². The summed E-state index contributed by atoms with van der Waals surface area (Å²) in [6.45, 7) is 10.9. The maximum Gasteiger partial charge on any atom is 0.123 e. The number of benzene rings is 1. The first-order valence-electron chi connectivity index (χ1n) is 11.1. The molecule has 1 aromatic carbocycles. The summed E-state index contributed by atoms with van der Waals surface area (Å²) in [6, 6.07) is 3.66. The summed E-state index contributed by atoms with van der Waals surface area (Å²) in [5.41, 5.74) is 4.00. The minimum absolute atomic E-state index is 0.0789. The van der Waals surface area contributed by atoms with E-state index in [1.807, 2.05) is 12.1 Å². The number of halogens is 2. The van der Waals surface area contributed by atoms with Gasteiger partial charge in [-0.2, -0.15) is 0 Å². The second-order valence-corrected chi connectivity index (χ2v) is 9.26. The summed E-state index contributed by atoms with van der Waals surface area (Å²) < 4.78 is 0. The van der Waals surface area contributed by atoms with E-state index in [9.17, 15) is 10.2 Å². The van der Waals surface area contributed by atoms with E-state index in [-0.39, 0.29) is 23.3 Å². The van der Waals surface area contributed by atoms with E-state index < -0.39 is 0 Å². The molecule has 0 saturated carbocycles. The molecule has 0 radical (unpaired) electrons. The topological polar surface area (TPSA) is 43.7 Å². The Hall–Kier alpha value is -1.16. The molecule has 168 valence electrons. The molecule has 1 aliphatic rings. The number of rotatable bonds is 12. The van der Waals surface area contributed by atoms with E-state index in [0.717, 1.165) is 69.3 Å². The highest BCUT2D eigenvalue weighted by Gasteiger charge is 2.31. The molecule has 30 heavy (non-hydrogen) atoms. The van der Waals surface area contributed by atoms with E-state index in [1.54, 1.807) is 0 Å². The van der Waals surface area contributed by atoms with Crippen molar-refractivity contribution in [1.29, 1.82) is 0 Å². The number of alkyl halides is 2. The highest BCUT2D eigenvalue weighted by Crippen LogP contribution is 2.46. The minimum Gasteiger partial charge on any atom is -0.507 e. The number of phenolic OH excluding ortho intramolecular Hbond substituents is 2. The summed E-state index contributed by atoms with van der Waals surface area (Å²) in [6.07, 6.45) is 8.39. The van der Waals surface area contributed by atoms with Crippen molar-refractivity contribution in [3.05, 3.63) is 47.1 Å². The molecule has 0 bridgehead atoms. The lowest BCUT2D eigenvalue weighted by atomic mass is 9.73. The van der Waals surface area contributed by atoms with E-state index in [1.165, 1.54) is 5.57 Å². The highest BCUT2D eigenvalue weighted by atomic mass is 35.5. The van der Waals surface area contributed by atoms with Crippen LogP contribution in [0.4, 0.5) is 0 Å². The van der Waals surface area contributed by atoms with Crippen LogP contribution >= 0.6 is 23.2 Å². The van der Waals surface area contributed by atoms with Crippen LogP contribution in [0.5, 0.6) is 11.5 Å². The van der Waals surface area contributed by atoms with Crippen LogP contribution in [-0.4, -0.2) is 46.5 Å². The molecule has 0 saturated heterocycles. The van der Waals surface area contributed by atoms with Crippen molar-refractivity contribution < 1.29 is 10.2 Å². The number of allylic oxidation sites excluding steroid dienone is 2. The number of hydrogen-bond acceptors (Lipinski definition) is 3. The van der Waals surface area contributed by atoms with Gasteiger partial charge in [0.05, 0.1) is 0 Å². The standard InChI is InChI=1S/C25H37Cl2NO2/c1-4-5-6-7-20-15-23(29)25(24(30)16-20)22-14-18(2)8-9-21(22)19(3)17-28(12-10-26)13-11-27/h14-16,21-22,29-30H,3-13,17H2,1-2H3/t21-,22?/m0/s1. The molecule has 1 aromatic rings. The fourth-order valence-electron chi connectivity index (χ4n) is 4.47. The Bertz CT molecular complexity index is 703. The van der Waals surface area contributed by atoms with Gasteiger partial charge in [0, 0.05) is 42.9 Å². The van der Waals surface area contributed by atoms with Gasteiger partial charge in [-0.15, -0.1) is 23.2 Å². The van der Waals surface area contributed by atoms with Crippen molar-refractivity contribution in [1.82, 2.24) is 4.90 Å². The summed E-state index contributed by atoms with van der Waals surface area (Å²) in [5, 5.41) is 21.7. The lowest BCUT2D eigenvalue weighted by molar-refractivity contribution is 0.311. The monoisotopic (exact) mass is 453 g/mol. The Kier molecular flexibility index (Phi) is 10.6. The summed E-state index contributed by atoms with van der Waals surface area (Å²) in [7, 11) is 0. The number of hydrogen-bond donors (Lipinski definition) is 2. The van der Waals surface area contributed by atoms with Gasteiger partial charge in [-0.3, -0.25) is 4.90 Å². The first-order valence-corrected chi connectivity index (χ1v) is 12.2. The molecule has 0 heterocycles. The first-order chi connectivity index (χ1) is 14.4. The molecule has 0 fully saturated rings. The summed E-state index contributed by atoms with van der Waals surface area (Å²) in [5.74, 6) is 1.56.